The molecular formula is C20H23BrCl2N2O2S. The number of nitrogens with zero attached hydrogens (tertiary/aromatic N) is 2. The lowest BCUT2D eigenvalue weighted by Crippen LogP contribution is -2.49. The van der Waals surface area contributed by atoms with Gasteiger partial charge in [0.15, 0.2) is 0 Å². The molecule has 1 aliphatic heterocycles. The van der Waals surface area contributed by atoms with Crippen molar-refractivity contribution in [2.24, 2.45) is 0 Å². The Hall–Kier alpha value is -0.790. The van der Waals surface area contributed by atoms with Gasteiger partial charge in [-0.3, -0.25) is 0 Å². The van der Waals surface area contributed by atoms with Crippen LogP contribution >= 0.6 is 39.1 Å². The van der Waals surface area contributed by atoms with Crippen LogP contribution in [0.2, 0.25) is 10.0 Å². The van der Waals surface area contributed by atoms with Crippen molar-refractivity contribution in [2.45, 2.75) is 31.6 Å². The normalized spacial score (nSPS) is 16.0. The van der Waals surface area contributed by atoms with Gasteiger partial charge >= 0.3 is 0 Å². The Bertz CT molecular complexity index is 988. The lowest BCUT2D eigenvalue weighted by Gasteiger charge is -2.36. The van der Waals surface area contributed by atoms with Gasteiger partial charge in [0.1, 0.15) is 0 Å². The van der Waals surface area contributed by atoms with Crippen LogP contribution < -0.4 is 4.90 Å². The lowest BCUT2D eigenvalue weighted by atomic mass is 10.0. The van der Waals surface area contributed by atoms with E-state index in [2.05, 4.69) is 20.8 Å². The predicted octanol–water partition coefficient (Wildman–Crippen LogP) is 5.70. The van der Waals surface area contributed by atoms with Crippen LogP contribution in [0.3, 0.4) is 0 Å². The average Bonchev–Trinajstić information content (AvgIpc) is 2.65. The van der Waals surface area contributed by atoms with Crippen LogP contribution in [0.25, 0.3) is 0 Å². The Morgan fingerprint density at radius 1 is 1.04 bits per heavy atom. The minimum atomic E-state index is -3.57. The molecule has 0 atom stereocenters. The zero-order valence-electron chi connectivity index (χ0n) is 16.0. The van der Waals surface area contributed by atoms with Crippen molar-refractivity contribution >= 4 is 54.8 Å². The first-order chi connectivity index (χ1) is 13.1. The van der Waals surface area contributed by atoms with Crippen LogP contribution in [0.5, 0.6) is 0 Å². The average molecular weight is 506 g/mol. The third kappa shape index (κ3) is 4.36. The Labute approximate surface area is 185 Å². The van der Waals surface area contributed by atoms with Gasteiger partial charge in [-0.05, 0) is 54.3 Å². The highest BCUT2D eigenvalue weighted by Crippen LogP contribution is 2.33. The third-order valence-corrected chi connectivity index (χ3v) is 8.38. The molecule has 2 aromatic rings. The summed E-state index contributed by atoms with van der Waals surface area (Å²) in [5.41, 5.74) is 2.58. The monoisotopic (exact) mass is 504 g/mol. The molecular weight excluding hydrogens is 483 g/mol. The molecule has 28 heavy (non-hydrogen) atoms. The van der Waals surface area contributed by atoms with E-state index in [0.717, 1.165) is 21.3 Å². The second kappa shape index (κ2) is 8.52. The van der Waals surface area contributed by atoms with Gasteiger partial charge in [-0.25, -0.2) is 8.42 Å². The number of sulfonamides is 1. The minimum Gasteiger partial charge on any atom is -0.368 e. The molecule has 0 radical (unpaired) electrons. The molecule has 8 heteroatoms. The van der Waals surface area contributed by atoms with Crippen molar-refractivity contribution < 1.29 is 8.42 Å². The topological polar surface area (TPSA) is 40.6 Å². The maximum atomic E-state index is 13.4. The second-order valence-electron chi connectivity index (χ2n) is 7.28. The molecule has 1 fully saturated rings. The van der Waals surface area contributed by atoms with Gasteiger partial charge in [0.05, 0.1) is 15.6 Å². The van der Waals surface area contributed by atoms with Crippen molar-refractivity contribution in [3.8, 4) is 0 Å². The number of hydrogen-bond acceptors (Lipinski definition) is 3. The van der Waals surface area contributed by atoms with Crippen molar-refractivity contribution in [1.29, 1.82) is 0 Å². The Morgan fingerprint density at radius 3 is 2.29 bits per heavy atom. The van der Waals surface area contributed by atoms with Gasteiger partial charge in [-0.15, -0.1) is 0 Å². The molecule has 0 saturated carbocycles. The standard InChI is InChI=1S/C20H23BrCl2N2O2S/c1-13(2)16-12-17(21)14(3)10-20(16)28(26,27)25-8-6-24(7-9-25)19-11-15(22)4-5-18(19)23/h4-5,10-13H,6-9H2,1-3H3. The Kier molecular flexibility index (Phi) is 6.67. The number of benzene rings is 2. The van der Waals surface area contributed by atoms with Gasteiger partial charge in [0.25, 0.3) is 0 Å². The molecule has 1 aliphatic rings. The van der Waals surface area contributed by atoms with E-state index in [-0.39, 0.29) is 5.92 Å². The molecule has 0 aromatic heterocycles. The molecule has 4 nitrogen and oxygen atoms in total. The molecule has 0 aliphatic carbocycles. The molecule has 2 aromatic carbocycles. The summed E-state index contributed by atoms with van der Waals surface area (Å²) in [4.78, 5) is 2.48. The van der Waals surface area contributed by atoms with Crippen molar-refractivity contribution in [3.05, 3.63) is 56.0 Å². The first kappa shape index (κ1) is 21.9. The highest BCUT2D eigenvalue weighted by atomic mass is 79.9. The second-order valence-corrected chi connectivity index (χ2v) is 10.9. The predicted molar refractivity (Wildman–Crippen MR) is 120 cm³/mol. The third-order valence-electron chi connectivity index (χ3n) is 5.02. The van der Waals surface area contributed by atoms with E-state index < -0.39 is 10.0 Å². The van der Waals surface area contributed by atoms with Crippen molar-refractivity contribution in [2.75, 3.05) is 31.1 Å². The van der Waals surface area contributed by atoms with E-state index >= 15 is 0 Å². The highest BCUT2D eigenvalue weighted by molar-refractivity contribution is 9.10. The van der Waals surface area contributed by atoms with Crippen molar-refractivity contribution in [1.82, 2.24) is 4.31 Å². The summed E-state index contributed by atoms with van der Waals surface area (Å²) in [6.45, 7) is 7.85. The minimum absolute atomic E-state index is 0.105. The molecule has 0 amide bonds. The molecule has 1 saturated heterocycles. The number of hydrogen-bond donors (Lipinski definition) is 0. The summed E-state index contributed by atoms with van der Waals surface area (Å²) in [7, 11) is -3.57. The van der Waals surface area contributed by atoms with Gasteiger partial charge in [0.2, 0.25) is 10.0 Å². The smallest absolute Gasteiger partial charge is 0.243 e. The molecule has 152 valence electrons. The van der Waals surface area contributed by atoms with Crippen molar-refractivity contribution in [3.63, 3.8) is 0 Å². The van der Waals surface area contributed by atoms with Gasteiger partial charge in [-0.2, -0.15) is 4.31 Å². The van der Waals surface area contributed by atoms with Gasteiger partial charge in [-0.1, -0.05) is 53.0 Å². The van der Waals surface area contributed by atoms with E-state index in [4.69, 9.17) is 23.2 Å². The first-order valence-corrected chi connectivity index (χ1v) is 12.1. The number of rotatable bonds is 4. The van der Waals surface area contributed by atoms with Crippen LogP contribution in [0, 0.1) is 6.92 Å². The number of halogens is 3. The largest absolute Gasteiger partial charge is 0.368 e. The molecule has 0 bridgehead atoms. The molecule has 0 N–H and O–H groups in total. The van der Waals surface area contributed by atoms with Gasteiger partial charge in [0, 0.05) is 35.7 Å². The van der Waals surface area contributed by atoms with E-state index in [1.807, 2.05) is 32.9 Å². The summed E-state index contributed by atoms with van der Waals surface area (Å²) in [5.74, 6) is 0.105. The SMILES string of the molecule is Cc1cc(S(=O)(=O)N2CCN(c3cc(Cl)ccc3Cl)CC2)c(C(C)C)cc1Br. The summed E-state index contributed by atoms with van der Waals surface area (Å²) in [6.07, 6.45) is 0. The lowest BCUT2D eigenvalue weighted by molar-refractivity contribution is 0.384. The number of aryl methyl sites for hydroxylation is 1. The molecule has 0 spiro atoms. The van der Waals surface area contributed by atoms with E-state index in [1.54, 1.807) is 22.5 Å². The quantitative estimate of drug-likeness (QED) is 0.535. The fraction of sp³-hybridized carbons (Fsp3) is 0.400. The molecule has 3 rings (SSSR count). The first-order valence-electron chi connectivity index (χ1n) is 9.11. The summed E-state index contributed by atoms with van der Waals surface area (Å²) in [5, 5.41) is 1.23. The van der Waals surface area contributed by atoms with Crippen LogP contribution in [0.4, 0.5) is 5.69 Å². The maximum Gasteiger partial charge on any atom is 0.243 e. The zero-order valence-corrected chi connectivity index (χ0v) is 20.0. The Balaban J connectivity index is 1.86. The summed E-state index contributed by atoms with van der Waals surface area (Å²) < 4.78 is 29.3. The van der Waals surface area contributed by atoms with Crippen LogP contribution in [0.15, 0.2) is 39.7 Å². The Morgan fingerprint density at radius 2 is 1.68 bits per heavy atom. The van der Waals surface area contributed by atoms with Gasteiger partial charge < -0.3 is 4.90 Å². The summed E-state index contributed by atoms with van der Waals surface area (Å²) >= 11 is 15.9. The maximum absolute atomic E-state index is 13.4. The fourth-order valence-corrected chi connectivity index (χ4v) is 5.99. The molecule has 1 heterocycles. The van der Waals surface area contributed by atoms with E-state index in [9.17, 15) is 8.42 Å². The number of piperazine rings is 1. The van der Waals surface area contributed by atoms with Crippen LogP contribution in [-0.4, -0.2) is 38.9 Å². The highest BCUT2D eigenvalue weighted by Gasteiger charge is 2.31. The molecule has 0 unspecified atom stereocenters. The number of anilines is 1. The van der Waals surface area contributed by atoms with E-state index in [1.165, 1.54) is 0 Å². The summed E-state index contributed by atoms with van der Waals surface area (Å²) in [6, 6.07) is 9.03. The fourth-order valence-electron chi connectivity index (χ4n) is 3.38. The van der Waals surface area contributed by atoms with E-state index in [0.29, 0.717) is 41.1 Å². The van der Waals surface area contributed by atoms with Crippen LogP contribution in [0.1, 0.15) is 30.9 Å². The zero-order chi connectivity index (χ0) is 20.6. The van der Waals surface area contributed by atoms with Crippen LogP contribution in [-0.2, 0) is 10.0 Å².